The van der Waals surface area contributed by atoms with Gasteiger partial charge in [-0.2, -0.15) is 5.26 Å². The normalized spacial score (nSPS) is 11.8. The monoisotopic (exact) mass is 348 g/mol. The summed E-state index contributed by atoms with van der Waals surface area (Å²) in [6, 6.07) is 11.8. The third-order valence-electron chi connectivity index (χ3n) is 3.04. The molecule has 0 aliphatic rings. The molecule has 1 atom stereocenters. The molecule has 0 bridgehead atoms. The Hall–Kier alpha value is -1.90. The average molecular weight is 349 g/mol. The predicted molar refractivity (Wildman–Crippen MR) is 82.2 cm³/mol. The molecule has 21 heavy (non-hydrogen) atoms. The van der Waals surface area contributed by atoms with Crippen LogP contribution in [0.1, 0.15) is 29.7 Å². The van der Waals surface area contributed by atoms with Crippen molar-refractivity contribution in [2.45, 2.75) is 19.6 Å². The first-order valence-electron chi connectivity index (χ1n) is 6.38. The Morgan fingerprint density at radius 2 is 2.14 bits per heavy atom. The summed E-state index contributed by atoms with van der Waals surface area (Å²) in [5.74, 6) is 0.0643. The third-order valence-corrected chi connectivity index (χ3v) is 3.54. The highest BCUT2D eigenvalue weighted by molar-refractivity contribution is 9.10. The summed E-state index contributed by atoms with van der Waals surface area (Å²) >= 11 is 3.38. The van der Waals surface area contributed by atoms with Gasteiger partial charge in [0.1, 0.15) is 24.2 Å². The molecule has 2 aromatic carbocycles. The smallest absolute Gasteiger partial charge is 0.147 e. The van der Waals surface area contributed by atoms with E-state index in [0.717, 1.165) is 10.0 Å². The zero-order valence-electron chi connectivity index (χ0n) is 11.4. The van der Waals surface area contributed by atoms with Crippen molar-refractivity contribution in [1.82, 2.24) is 0 Å². The Kier molecular flexibility index (Phi) is 4.94. The van der Waals surface area contributed by atoms with Gasteiger partial charge < -0.3 is 10.5 Å². The second-order valence-electron chi connectivity index (χ2n) is 4.65. The predicted octanol–water partition coefficient (Wildman–Crippen LogP) is 4.06. The number of hydrogen-bond acceptors (Lipinski definition) is 3. The second kappa shape index (κ2) is 6.70. The van der Waals surface area contributed by atoms with Crippen LogP contribution in [0.25, 0.3) is 0 Å². The van der Waals surface area contributed by atoms with E-state index in [1.807, 2.05) is 25.1 Å². The number of halogens is 2. The molecule has 2 rings (SSSR count). The van der Waals surface area contributed by atoms with Crippen LogP contribution in [0.4, 0.5) is 4.39 Å². The molecule has 5 heteroatoms. The van der Waals surface area contributed by atoms with E-state index >= 15 is 0 Å². The summed E-state index contributed by atoms with van der Waals surface area (Å²) in [4.78, 5) is 0. The van der Waals surface area contributed by atoms with Crippen LogP contribution in [-0.2, 0) is 6.61 Å². The molecule has 0 aromatic heterocycles. The summed E-state index contributed by atoms with van der Waals surface area (Å²) in [6.07, 6.45) is 0. The standard InChI is InChI=1S/C16H14BrFN2O/c1-10(20)14-7-13(17)5-6-15(14)21-9-12-4-2-3-11(8-19)16(12)18/h2-7,10H,9,20H2,1H3/t10-/m0/s1. The number of nitrogens with zero attached hydrogens (tertiary/aromatic N) is 1. The molecule has 108 valence electrons. The number of nitriles is 1. The minimum absolute atomic E-state index is 0.0133. The lowest BCUT2D eigenvalue weighted by molar-refractivity contribution is 0.295. The van der Waals surface area contributed by atoms with Gasteiger partial charge in [-0.25, -0.2) is 4.39 Å². The highest BCUT2D eigenvalue weighted by atomic mass is 79.9. The number of benzene rings is 2. The third kappa shape index (κ3) is 3.60. The number of nitrogens with two attached hydrogens (primary N) is 1. The number of hydrogen-bond donors (Lipinski definition) is 1. The van der Waals surface area contributed by atoms with Crippen molar-refractivity contribution in [2.24, 2.45) is 5.73 Å². The van der Waals surface area contributed by atoms with Crippen LogP contribution in [0.2, 0.25) is 0 Å². The summed E-state index contributed by atoms with van der Waals surface area (Å²) in [5, 5.41) is 8.82. The SMILES string of the molecule is C[C@H](N)c1cc(Br)ccc1OCc1cccc(C#N)c1F. The van der Waals surface area contributed by atoms with E-state index in [0.29, 0.717) is 11.3 Å². The van der Waals surface area contributed by atoms with Crippen LogP contribution in [0.3, 0.4) is 0 Å². The molecular formula is C16H14BrFN2O. The quantitative estimate of drug-likeness (QED) is 0.906. The molecule has 0 unspecified atom stereocenters. The topological polar surface area (TPSA) is 59.0 Å². The molecular weight excluding hydrogens is 335 g/mol. The van der Waals surface area contributed by atoms with Crippen molar-refractivity contribution < 1.29 is 9.13 Å². The van der Waals surface area contributed by atoms with Gasteiger partial charge in [0.2, 0.25) is 0 Å². The fourth-order valence-corrected chi connectivity index (χ4v) is 2.32. The van der Waals surface area contributed by atoms with Crippen molar-refractivity contribution in [2.75, 3.05) is 0 Å². The molecule has 3 nitrogen and oxygen atoms in total. The van der Waals surface area contributed by atoms with Gasteiger partial charge in [-0.1, -0.05) is 28.1 Å². The molecule has 2 aromatic rings. The molecule has 0 aliphatic heterocycles. The van der Waals surface area contributed by atoms with Gasteiger partial charge in [0.25, 0.3) is 0 Å². The second-order valence-corrected chi connectivity index (χ2v) is 5.57. The molecule has 0 heterocycles. The van der Waals surface area contributed by atoms with Gasteiger partial charge >= 0.3 is 0 Å². The molecule has 0 saturated carbocycles. The summed E-state index contributed by atoms with van der Waals surface area (Å²) in [5.41, 5.74) is 7.10. The van der Waals surface area contributed by atoms with Crippen LogP contribution in [0.15, 0.2) is 40.9 Å². The highest BCUT2D eigenvalue weighted by Crippen LogP contribution is 2.28. The highest BCUT2D eigenvalue weighted by Gasteiger charge is 2.12. The first-order chi connectivity index (χ1) is 10.0. The van der Waals surface area contributed by atoms with E-state index in [-0.39, 0.29) is 18.2 Å². The lowest BCUT2D eigenvalue weighted by Crippen LogP contribution is -2.09. The molecule has 0 spiro atoms. The zero-order valence-corrected chi connectivity index (χ0v) is 13.0. The molecule has 0 aliphatic carbocycles. The fourth-order valence-electron chi connectivity index (χ4n) is 1.94. The van der Waals surface area contributed by atoms with Gasteiger partial charge in [-0.15, -0.1) is 0 Å². The molecule has 0 radical (unpaired) electrons. The lowest BCUT2D eigenvalue weighted by atomic mass is 10.1. The van der Waals surface area contributed by atoms with E-state index in [2.05, 4.69) is 15.9 Å². The molecule has 2 N–H and O–H groups in total. The van der Waals surface area contributed by atoms with Crippen molar-refractivity contribution in [3.05, 3.63) is 63.4 Å². The lowest BCUT2D eigenvalue weighted by Gasteiger charge is -2.15. The van der Waals surface area contributed by atoms with Gasteiger partial charge in [-0.05, 0) is 31.2 Å². The minimum Gasteiger partial charge on any atom is -0.488 e. The maximum absolute atomic E-state index is 14.0. The average Bonchev–Trinajstić information content (AvgIpc) is 2.47. The summed E-state index contributed by atoms with van der Waals surface area (Å²) in [6.45, 7) is 1.90. The van der Waals surface area contributed by atoms with Crippen LogP contribution in [-0.4, -0.2) is 0 Å². The number of ether oxygens (including phenoxy) is 1. The van der Waals surface area contributed by atoms with Crippen LogP contribution in [0.5, 0.6) is 5.75 Å². The molecule has 0 fully saturated rings. The van der Waals surface area contributed by atoms with E-state index in [1.165, 1.54) is 6.07 Å². The zero-order chi connectivity index (χ0) is 15.4. The van der Waals surface area contributed by atoms with Crippen molar-refractivity contribution >= 4 is 15.9 Å². The first-order valence-corrected chi connectivity index (χ1v) is 7.17. The van der Waals surface area contributed by atoms with Crippen LogP contribution in [0, 0.1) is 17.1 Å². The van der Waals surface area contributed by atoms with Crippen molar-refractivity contribution in [3.8, 4) is 11.8 Å². The van der Waals surface area contributed by atoms with E-state index in [4.69, 9.17) is 15.7 Å². The minimum atomic E-state index is -0.542. The van der Waals surface area contributed by atoms with Crippen molar-refractivity contribution in [3.63, 3.8) is 0 Å². The Morgan fingerprint density at radius 1 is 1.38 bits per heavy atom. The van der Waals surface area contributed by atoms with Gasteiger partial charge in [0, 0.05) is 21.6 Å². The molecule has 0 amide bonds. The fraction of sp³-hybridized carbons (Fsp3) is 0.188. The van der Waals surface area contributed by atoms with Crippen LogP contribution >= 0.6 is 15.9 Å². The van der Waals surface area contributed by atoms with E-state index in [1.54, 1.807) is 18.2 Å². The Labute approximate surface area is 131 Å². The van der Waals surface area contributed by atoms with Gasteiger partial charge in [0.15, 0.2) is 0 Å². The van der Waals surface area contributed by atoms with Gasteiger partial charge in [0.05, 0.1) is 5.56 Å². The Bertz CT molecular complexity index is 695. The summed E-state index contributed by atoms with van der Waals surface area (Å²) < 4.78 is 20.5. The largest absolute Gasteiger partial charge is 0.488 e. The maximum Gasteiger partial charge on any atom is 0.147 e. The van der Waals surface area contributed by atoms with E-state index < -0.39 is 5.82 Å². The Balaban J connectivity index is 2.23. The molecule has 0 saturated heterocycles. The first kappa shape index (κ1) is 15.5. The summed E-state index contributed by atoms with van der Waals surface area (Å²) in [7, 11) is 0. The Morgan fingerprint density at radius 3 is 2.81 bits per heavy atom. The number of rotatable bonds is 4. The van der Waals surface area contributed by atoms with Crippen LogP contribution < -0.4 is 10.5 Å². The van der Waals surface area contributed by atoms with Gasteiger partial charge in [-0.3, -0.25) is 0 Å². The van der Waals surface area contributed by atoms with Crippen molar-refractivity contribution in [1.29, 1.82) is 5.26 Å². The maximum atomic E-state index is 14.0. The van der Waals surface area contributed by atoms with E-state index in [9.17, 15) is 4.39 Å².